The lowest BCUT2D eigenvalue weighted by atomic mass is 9.85. The van der Waals surface area contributed by atoms with Gasteiger partial charge in [-0.2, -0.15) is 0 Å². The molecule has 9 nitrogen and oxygen atoms in total. The highest BCUT2D eigenvalue weighted by molar-refractivity contribution is 5.82. The molecule has 9 heteroatoms. The predicted molar refractivity (Wildman–Crippen MR) is 129 cm³/mol. The molecule has 35 heavy (non-hydrogen) atoms. The number of rotatable bonds is 15. The smallest absolute Gasteiger partial charge is 0.330 e. The molecule has 0 aromatic carbocycles. The predicted octanol–water partition coefficient (Wildman–Crippen LogP) is 2.37. The number of epoxide rings is 1. The maximum atomic E-state index is 12.0. The summed E-state index contributed by atoms with van der Waals surface area (Å²) in [6.45, 7) is 6.01. The van der Waals surface area contributed by atoms with Gasteiger partial charge in [-0.1, -0.05) is 24.6 Å². The molecule has 2 aliphatic rings. The first kappa shape index (κ1) is 29.5. The fraction of sp³-hybridized carbons (Fsp3) is 0.769. The van der Waals surface area contributed by atoms with Crippen LogP contribution in [0.1, 0.15) is 65.7 Å². The Morgan fingerprint density at radius 1 is 1.09 bits per heavy atom. The Morgan fingerprint density at radius 3 is 2.49 bits per heavy atom. The summed E-state index contributed by atoms with van der Waals surface area (Å²) in [4.78, 5) is 22.5. The Hall–Kier alpha value is -1.78. The minimum Gasteiger partial charge on any atom is -0.481 e. The normalized spacial score (nSPS) is 30.7. The van der Waals surface area contributed by atoms with Crippen LogP contribution in [0.25, 0.3) is 0 Å². The number of carbonyl (C=O) groups is 2. The molecule has 2 saturated heterocycles. The zero-order valence-corrected chi connectivity index (χ0v) is 21.0. The molecule has 4 N–H and O–H groups in total. The van der Waals surface area contributed by atoms with Gasteiger partial charge in [-0.15, -0.1) is 0 Å². The summed E-state index contributed by atoms with van der Waals surface area (Å²) in [6.07, 6.45) is 5.88. The van der Waals surface area contributed by atoms with E-state index in [0.29, 0.717) is 44.5 Å². The molecule has 2 fully saturated rings. The van der Waals surface area contributed by atoms with Crippen LogP contribution in [0, 0.1) is 11.8 Å². The van der Waals surface area contributed by atoms with Gasteiger partial charge in [0.15, 0.2) is 0 Å². The van der Waals surface area contributed by atoms with E-state index in [1.165, 1.54) is 6.08 Å². The Kier molecular flexibility index (Phi) is 12.4. The van der Waals surface area contributed by atoms with Gasteiger partial charge in [-0.3, -0.25) is 4.79 Å². The summed E-state index contributed by atoms with van der Waals surface area (Å²) in [7, 11) is 0. The van der Waals surface area contributed by atoms with E-state index in [4.69, 9.17) is 19.3 Å². The molecule has 8 atom stereocenters. The number of ether oxygens (including phenoxy) is 3. The molecule has 0 aliphatic carbocycles. The lowest BCUT2D eigenvalue weighted by Crippen LogP contribution is -2.50. The number of hydrogen-bond acceptors (Lipinski definition) is 8. The van der Waals surface area contributed by atoms with E-state index in [1.54, 1.807) is 13.8 Å². The van der Waals surface area contributed by atoms with E-state index in [2.05, 4.69) is 0 Å². The molecule has 0 unspecified atom stereocenters. The molecule has 2 heterocycles. The van der Waals surface area contributed by atoms with Gasteiger partial charge in [0.05, 0.1) is 43.7 Å². The molecule has 0 saturated carbocycles. The number of allylic oxidation sites excluding steroid dienone is 2. The molecule has 0 bridgehead atoms. The minimum absolute atomic E-state index is 0.0131. The Labute approximate surface area is 207 Å². The number of aliphatic carboxylic acids is 1. The van der Waals surface area contributed by atoms with Crippen molar-refractivity contribution in [1.29, 1.82) is 0 Å². The van der Waals surface area contributed by atoms with Crippen molar-refractivity contribution in [1.82, 2.24) is 0 Å². The molecular formula is C26H42O9. The average Bonchev–Trinajstić information content (AvgIpc) is 3.55. The van der Waals surface area contributed by atoms with Crippen molar-refractivity contribution in [3.05, 3.63) is 23.8 Å². The van der Waals surface area contributed by atoms with Gasteiger partial charge in [-0.05, 0) is 52.4 Å². The van der Waals surface area contributed by atoms with Gasteiger partial charge in [0.1, 0.15) is 6.10 Å². The van der Waals surface area contributed by atoms with Crippen LogP contribution >= 0.6 is 0 Å². The first-order valence-electron chi connectivity index (χ1n) is 12.6. The van der Waals surface area contributed by atoms with Crippen molar-refractivity contribution < 1.29 is 44.2 Å². The van der Waals surface area contributed by atoms with Crippen molar-refractivity contribution in [2.24, 2.45) is 11.8 Å². The first-order valence-corrected chi connectivity index (χ1v) is 12.6. The largest absolute Gasteiger partial charge is 0.481 e. The van der Waals surface area contributed by atoms with Crippen LogP contribution in [0.5, 0.6) is 0 Å². The Bertz CT molecular complexity index is 732. The number of aliphatic hydroxyl groups is 3. The van der Waals surface area contributed by atoms with Gasteiger partial charge in [0.25, 0.3) is 0 Å². The van der Waals surface area contributed by atoms with Crippen LogP contribution in [-0.2, 0) is 23.8 Å². The van der Waals surface area contributed by atoms with E-state index in [9.17, 15) is 24.9 Å². The number of carbonyl (C=O) groups excluding carboxylic acids is 1. The fourth-order valence-corrected chi connectivity index (χ4v) is 4.31. The summed E-state index contributed by atoms with van der Waals surface area (Å²) in [5, 5.41) is 39.4. The molecule has 0 radical (unpaired) electrons. The van der Waals surface area contributed by atoms with E-state index in [1.807, 2.05) is 19.1 Å². The van der Waals surface area contributed by atoms with Crippen LogP contribution < -0.4 is 0 Å². The summed E-state index contributed by atoms with van der Waals surface area (Å²) >= 11 is 0. The second kappa shape index (κ2) is 14.7. The molecule has 0 amide bonds. The second-order valence-electron chi connectivity index (χ2n) is 9.85. The minimum atomic E-state index is -1.07. The van der Waals surface area contributed by atoms with E-state index >= 15 is 0 Å². The van der Waals surface area contributed by atoms with Crippen LogP contribution in [0.15, 0.2) is 23.8 Å². The van der Waals surface area contributed by atoms with Crippen LogP contribution in [-0.4, -0.2) is 82.2 Å². The summed E-state index contributed by atoms with van der Waals surface area (Å²) < 4.78 is 16.7. The number of esters is 1. The molecule has 0 aromatic rings. The average molecular weight is 499 g/mol. The second-order valence-corrected chi connectivity index (χ2v) is 9.85. The molecule has 2 aliphatic heterocycles. The van der Waals surface area contributed by atoms with E-state index in [-0.39, 0.29) is 30.5 Å². The van der Waals surface area contributed by atoms with Crippen molar-refractivity contribution in [3.63, 3.8) is 0 Å². The maximum Gasteiger partial charge on any atom is 0.330 e. The third-order valence-electron chi connectivity index (χ3n) is 6.76. The number of carboxylic acids is 1. The van der Waals surface area contributed by atoms with Crippen molar-refractivity contribution >= 4 is 11.9 Å². The molecule has 200 valence electrons. The highest BCUT2D eigenvalue weighted by atomic mass is 16.6. The SMILES string of the molecule is C/C(=C\C(=O)OCCCC/C=C/CCC(=O)O)C[C@@H]1OC[C@H](C[C@@H]2O[C@H]2[C@@H](C)[C@H](C)O)[C@@H](O)[C@H]1O. The van der Waals surface area contributed by atoms with Crippen LogP contribution in [0.4, 0.5) is 0 Å². The van der Waals surface area contributed by atoms with E-state index < -0.39 is 36.4 Å². The monoisotopic (exact) mass is 498 g/mol. The molecule has 0 spiro atoms. The quantitative estimate of drug-likeness (QED) is 0.0878. The molecule has 0 aromatic heterocycles. The topological polar surface area (TPSA) is 146 Å². The lowest BCUT2D eigenvalue weighted by molar-refractivity contribution is -0.165. The zero-order valence-electron chi connectivity index (χ0n) is 21.0. The van der Waals surface area contributed by atoms with Crippen molar-refractivity contribution in [3.8, 4) is 0 Å². The number of aliphatic hydroxyl groups excluding tert-OH is 3. The maximum absolute atomic E-state index is 12.0. The van der Waals surface area contributed by atoms with Gasteiger partial charge in [-0.25, -0.2) is 4.79 Å². The third-order valence-corrected chi connectivity index (χ3v) is 6.76. The van der Waals surface area contributed by atoms with Gasteiger partial charge < -0.3 is 34.6 Å². The fourth-order valence-electron chi connectivity index (χ4n) is 4.31. The number of unbranched alkanes of at least 4 members (excludes halogenated alkanes) is 2. The molecule has 2 rings (SSSR count). The van der Waals surface area contributed by atoms with E-state index in [0.717, 1.165) is 12.8 Å². The summed E-state index contributed by atoms with van der Waals surface area (Å²) in [6, 6.07) is 0. The standard InChI is InChI=1S/C26H42O9/c1-16(13-23(30)33-11-9-7-5-4-6-8-10-22(28)29)12-20-25(32)24(31)19(15-34-20)14-21-26(35-21)17(2)18(3)27/h4,6,13,17-21,24-27,31-32H,5,7-12,14-15H2,1-3H3,(H,28,29)/b6-4+,16-13+/t17-,18-,19-,20-,21-,24+,25-,26-/m0/s1. The van der Waals surface area contributed by atoms with Crippen LogP contribution in [0.3, 0.4) is 0 Å². The third kappa shape index (κ3) is 10.4. The van der Waals surface area contributed by atoms with Gasteiger partial charge in [0.2, 0.25) is 0 Å². The summed E-state index contributed by atoms with van der Waals surface area (Å²) in [5.74, 6) is -1.50. The van der Waals surface area contributed by atoms with Crippen molar-refractivity contribution in [2.45, 2.75) is 102 Å². The number of hydrogen-bond donors (Lipinski definition) is 4. The first-order chi connectivity index (χ1) is 16.6. The molecular weight excluding hydrogens is 456 g/mol. The zero-order chi connectivity index (χ0) is 26.0. The lowest BCUT2D eigenvalue weighted by Gasteiger charge is -2.38. The van der Waals surface area contributed by atoms with Gasteiger partial charge in [0, 0.05) is 24.3 Å². The van der Waals surface area contributed by atoms with Crippen LogP contribution in [0.2, 0.25) is 0 Å². The summed E-state index contributed by atoms with van der Waals surface area (Å²) in [5.41, 5.74) is 0.697. The Morgan fingerprint density at radius 2 is 1.80 bits per heavy atom. The van der Waals surface area contributed by atoms with Crippen molar-refractivity contribution in [2.75, 3.05) is 13.2 Å². The number of carboxylic acid groups (broad SMARTS) is 1. The van der Waals surface area contributed by atoms with Gasteiger partial charge >= 0.3 is 11.9 Å². The Balaban J connectivity index is 1.64. The highest BCUT2D eigenvalue weighted by Gasteiger charge is 2.48. The highest BCUT2D eigenvalue weighted by Crippen LogP contribution is 2.38.